The lowest BCUT2D eigenvalue weighted by molar-refractivity contribution is 1.18. The summed E-state index contributed by atoms with van der Waals surface area (Å²) in [4.78, 5) is 11.7. The molecule has 18 rings (SSSR count). The van der Waals surface area contributed by atoms with Crippen molar-refractivity contribution in [1.29, 1.82) is 0 Å². The number of hydrogen-bond donors (Lipinski definition) is 0. The summed E-state index contributed by atoms with van der Waals surface area (Å²) >= 11 is 0. The first-order valence-corrected chi connectivity index (χ1v) is 25.4. The highest BCUT2D eigenvalue weighted by atomic mass is 15.1. The second-order valence-corrected chi connectivity index (χ2v) is 20.1. The van der Waals surface area contributed by atoms with Crippen molar-refractivity contribution in [2.75, 3.05) is 0 Å². The van der Waals surface area contributed by atoms with Crippen LogP contribution >= 0.6 is 0 Å². The van der Waals surface area contributed by atoms with Crippen molar-refractivity contribution in [3.63, 3.8) is 0 Å². The summed E-state index contributed by atoms with van der Waals surface area (Å²) in [7, 11) is 0. The number of nitrogens with zero attached hydrogens (tertiary/aromatic N) is 6. The van der Waals surface area contributed by atoms with Crippen LogP contribution in [-0.4, -0.2) is 27.9 Å². The van der Waals surface area contributed by atoms with Gasteiger partial charge in [-0.2, -0.15) is 0 Å². The molecule has 0 radical (unpaired) electrons. The number of fused-ring (bicyclic) bond motifs is 20. The fourth-order valence-corrected chi connectivity index (χ4v) is 13.4. The molecular formula is C68H38N6. The molecule has 0 aliphatic carbocycles. The predicted molar refractivity (Wildman–Crippen MR) is 308 cm³/mol. The second kappa shape index (κ2) is 13.9. The van der Waals surface area contributed by atoms with Crippen LogP contribution in [0.3, 0.4) is 0 Å². The lowest BCUT2D eigenvalue weighted by Gasteiger charge is -2.11. The zero-order chi connectivity index (χ0) is 47.9. The van der Waals surface area contributed by atoms with E-state index in [2.05, 4.69) is 248 Å². The average molecular weight is 939 g/mol. The Balaban J connectivity index is 0.924. The van der Waals surface area contributed by atoms with Crippen molar-refractivity contribution >= 4 is 131 Å². The minimum Gasteiger partial charge on any atom is -0.309 e. The second-order valence-electron chi connectivity index (χ2n) is 20.1. The molecule has 74 heavy (non-hydrogen) atoms. The quantitative estimate of drug-likeness (QED) is 0.176. The Morgan fingerprint density at radius 2 is 0.716 bits per heavy atom. The monoisotopic (exact) mass is 938 g/mol. The van der Waals surface area contributed by atoms with E-state index in [4.69, 9.17) is 9.97 Å². The van der Waals surface area contributed by atoms with E-state index in [0.29, 0.717) is 0 Å². The highest BCUT2D eigenvalue weighted by Gasteiger charge is 2.28. The maximum atomic E-state index is 5.84. The molecule has 0 unspecified atom stereocenters. The van der Waals surface area contributed by atoms with Crippen molar-refractivity contribution in [3.8, 4) is 33.6 Å². The Morgan fingerprint density at radius 1 is 0.270 bits per heavy atom. The minimum absolute atomic E-state index is 0.871. The Bertz CT molecular complexity index is 5420. The fourth-order valence-electron chi connectivity index (χ4n) is 13.4. The van der Waals surface area contributed by atoms with Gasteiger partial charge in [-0.3, -0.25) is 8.80 Å². The zero-order valence-corrected chi connectivity index (χ0v) is 39.6. The highest BCUT2D eigenvalue weighted by Crippen LogP contribution is 2.48. The number of hydrogen-bond acceptors (Lipinski definition) is 2. The van der Waals surface area contributed by atoms with E-state index in [0.717, 1.165) is 83.2 Å². The van der Waals surface area contributed by atoms with Gasteiger partial charge in [0, 0.05) is 76.4 Å². The highest BCUT2D eigenvalue weighted by molar-refractivity contribution is 6.32. The smallest absolute Gasteiger partial charge is 0.165 e. The summed E-state index contributed by atoms with van der Waals surface area (Å²) < 4.78 is 9.64. The van der Waals surface area contributed by atoms with Crippen LogP contribution in [0.25, 0.3) is 165 Å². The summed E-state index contributed by atoms with van der Waals surface area (Å²) in [6.07, 6.45) is 0. The largest absolute Gasteiger partial charge is 0.309 e. The van der Waals surface area contributed by atoms with Crippen LogP contribution in [0.4, 0.5) is 0 Å². The normalized spacial score (nSPS) is 12.6. The number of para-hydroxylation sites is 7. The SMILES string of the molecule is c1ccc(-n2c3ccccc3c3cc(-c4cccc5c6cccc7c8nc9c(nc8n(c45)c67)c4cccc5c6c7ccccc7cc(-c7ccc8c(c7)c7ccccc7n8-c7ccccc7)c6n9c45)ccc32)cc1. The van der Waals surface area contributed by atoms with Crippen molar-refractivity contribution < 1.29 is 0 Å². The van der Waals surface area contributed by atoms with Crippen LogP contribution < -0.4 is 0 Å². The van der Waals surface area contributed by atoms with Gasteiger partial charge in [-0.05, 0) is 88.6 Å². The number of aromatic nitrogens is 6. The van der Waals surface area contributed by atoms with Gasteiger partial charge in [-0.1, -0.05) is 164 Å². The van der Waals surface area contributed by atoms with Crippen LogP contribution in [0.1, 0.15) is 0 Å². The first-order chi connectivity index (χ1) is 36.7. The molecule has 6 nitrogen and oxygen atoms in total. The van der Waals surface area contributed by atoms with Crippen molar-refractivity contribution in [1.82, 2.24) is 27.9 Å². The first-order valence-electron chi connectivity index (χ1n) is 25.4. The maximum absolute atomic E-state index is 5.84. The van der Waals surface area contributed by atoms with Crippen LogP contribution in [-0.2, 0) is 0 Å². The molecule has 0 saturated carbocycles. The molecule has 0 bridgehead atoms. The van der Waals surface area contributed by atoms with E-state index < -0.39 is 0 Å². The van der Waals surface area contributed by atoms with Crippen molar-refractivity contribution in [3.05, 3.63) is 231 Å². The van der Waals surface area contributed by atoms with E-state index in [9.17, 15) is 0 Å². The molecular weight excluding hydrogens is 901 g/mol. The molecule has 0 atom stereocenters. The first kappa shape index (κ1) is 38.7. The van der Waals surface area contributed by atoms with Gasteiger partial charge in [0.1, 0.15) is 11.0 Å². The summed E-state index contributed by atoms with van der Waals surface area (Å²) in [5.41, 5.74) is 19.9. The molecule has 0 saturated heterocycles. The van der Waals surface area contributed by atoms with Gasteiger partial charge >= 0.3 is 0 Å². The molecule has 18 aromatic rings. The van der Waals surface area contributed by atoms with Gasteiger partial charge in [0.05, 0.1) is 44.1 Å². The molecule has 6 heteroatoms. The third-order valence-electron chi connectivity index (χ3n) is 16.4. The molecule has 0 aliphatic rings. The van der Waals surface area contributed by atoms with Gasteiger partial charge in [0.2, 0.25) is 0 Å². The summed E-state index contributed by atoms with van der Waals surface area (Å²) in [5, 5.41) is 14.4. The Morgan fingerprint density at radius 3 is 1.34 bits per heavy atom. The van der Waals surface area contributed by atoms with E-state index in [1.54, 1.807) is 0 Å². The average Bonchev–Trinajstić information content (AvgIpc) is 4.41. The molecule has 0 aliphatic heterocycles. The molecule has 0 fully saturated rings. The molecule has 340 valence electrons. The van der Waals surface area contributed by atoms with Gasteiger partial charge in [0.25, 0.3) is 0 Å². The van der Waals surface area contributed by atoms with Gasteiger partial charge in [0.15, 0.2) is 11.3 Å². The third-order valence-corrected chi connectivity index (χ3v) is 16.4. The summed E-state index contributed by atoms with van der Waals surface area (Å²) in [5.74, 6) is 0. The Labute approximate surface area is 421 Å². The molecule has 0 spiro atoms. The standard InChI is InChI=1S/C68H38N6/c1-3-17-42(18-4-1)71-56-30-11-9-22-46(56)54-37-40(32-34-58(54)71)45-24-13-25-48-49-26-14-28-51-61-67(73(63(45)48)64(49)51)69-62-52-29-15-27-50-60-44-21-8-7-16-39(44)36-53(66(60)74(65(50)52)68(62)70-61)41-33-35-59-55(38-41)47-23-10-12-31-57(47)72(59)43-19-5-2-6-20-43/h1-38H. The lowest BCUT2D eigenvalue weighted by Crippen LogP contribution is -1.94. The Hall–Kier alpha value is -10.0. The van der Waals surface area contributed by atoms with E-state index >= 15 is 0 Å². The Kier molecular flexibility index (Phi) is 7.26. The zero-order valence-electron chi connectivity index (χ0n) is 39.6. The maximum Gasteiger partial charge on any atom is 0.165 e. The van der Waals surface area contributed by atoms with Gasteiger partial charge < -0.3 is 9.13 Å². The van der Waals surface area contributed by atoms with E-state index in [-0.39, 0.29) is 0 Å². The topological polar surface area (TPSA) is 44.5 Å². The van der Waals surface area contributed by atoms with Crippen molar-refractivity contribution in [2.45, 2.75) is 0 Å². The summed E-state index contributed by atoms with van der Waals surface area (Å²) in [6, 6.07) is 84.4. The van der Waals surface area contributed by atoms with Crippen molar-refractivity contribution in [2.24, 2.45) is 0 Å². The molecule has 7 aromatic heterocycles. The van der Waals surface area contributed by atoms with Crippen LogP contribution in [0.15, 0.2) is 231 Å². The predicted octanol–water partition coefficient (Wildman–Crippen LogP) is 17.5. The van der Waals surface area contributed by atoms with E-state index in [1.165, 1.54) is 81.5 Å². The van der Waals surface area contributed by atoms with Gasteiger partial charge in [-0.25, -0.2) is 9.97 Å². The number of benzene rings is 11. The van der Waals surface area contributed by atoms with Crippen LogP contribution in [0, 0.1) is 0 Å². The molecule has 7 heterocycles. The lowest BCUT2D eigenvalue weighted by atomic mass is 9.95. The fraction of sp³-hybridized carbons (Fsp3) is 0. The van der Waals surface area contributed by atoms with Crippen LogP contribution in [0.2, 0.25) is 0 Å². The molecule has 0 N–H and O–H groups in total. The van der Waals surface area contributed by atoms with E-state index in [1.807, 2.05) is 0 Å². The molecule has 11 aromatic carbocycles. The molecule has 0 amide bonds. The summed E-state index contributed by atoms with van der Waals surface area (Å²) in [6.45, 7) is 0. The number of rotatable bonds is 4. The third kappa shape index (κ3) is 4.80. The van der Waals surface area contributed by atoms with Crippen LogP contribution in [0.5, 0.6) is 0 Å². The van der Waals surface area contributed by atoms with Gasteiger partial charge in [-0.15, -0.1) is 0 Å². The minimum atomic E-state index is 0.871.